The molecule has 1 aliphatic carbocycles. The summed E-state index contributed by atoms with van der Waals surface area (Å²) in [5.41, 5.74) is 7.67. The average Bonchev–Trinajstić information content (AvgIpc) is 3.19. The lowest BCUT2D eigenvalue weighted by Gasteiger charge is -2.37. The van der Waals surface area contributed by atoms with E-state index in [1.165, 1.54) is 6.42 Å². The number of methoxy groups -OCH3 is 1. The highest BCUT2D eigenvalue weighted by molar-refractivity contribution is 5.98. The van der Waals surface area contributed by atoms with Crippen molar-refractivity contribution in [3.8, 4) is 5.75 Å². The van der Waals surface area contributed by atoms with E-state index >= 15 is 0 Å². The molecule has 1 heterocycles. The molecular weight excluding hydrogens is 354 g/mol. The number of carbonyl (C=O) groups is 2. The van der Waals surface area contributed by atoms with Crippen molar-refractivity contribution in [3.63, 3.8) is 0 Å². The number of aryl methyl sites for hydroxylation is 1. The Morgan fingerprint density at radius 2 is 2.00 bits per heavy atom. The highest BCUT2D eigenvalue weighted by Crippen LogP contribution is 2.39. The molecule has 2 aliphatic rings. The number of carbonyl (C=O) groups excluding carboxylic acids is 2. The summed E-state index contributed by atoms with van der Waals surface area (Å²) >= 11 is 0. The van der Waals surface area contributed by atoms with E-state index in [1.807, 2.05) is 25.1 Å². The van der Waals surface area contributed by atoms with Crippen molar-refractivity contribution >= 4 is 17.5 Å². The predicted molar refractivity (Wildman–Crippen MR) is 110 cm³/mol. The Morgan fingerprint density at radius 1 is 1.25 bits per heavy atom. The summed E-state index contributed by atoms with van der Waals surface area (Å²) in [7, 11) is 1.59. The van der Waals surface area contributed by atoms with E-state index in [9.17, 15) is 9.59 Å². The van der Waals surface area contributed by atoms with Crippen LogP contribution in [0, 0.1) is 12.3 Å². The smallest absolute Gasteiger partial charge is 0.247 e. The topological polar surface area (TPSA) is 84.7 Å². The van der Waals surface area contributed by atoms with Gasteiger partial charge in [0.15, 0.2) is 0 Å². The Bertz CT molecular complexity index is 713. The molecule has 1 aromatic carbocycles. The molecule has 6 heteroatoms. The normalized spacial score (nSPS) is 21.4. The van der Waals surface area contributed by atoms with Gasteiger partial charge in [-0.25, -0.2) is 0 Å². The van der Waals surface area contributed by atoms with E-state index in [2.05, 4.69) is 5.32 Å². The summed E-state index contributed by atoms with van der Waals surface area (Å²) in [4.78, 5) is 27.8. The van der Waals surface area contributed by atoms with Crippen LogP contribution in [0.3, 0.4) is 0 Å². The van der Waals surface area contributed by atoms with Crippen molar-refractivity contribution in [1.29, 1.82) is 0 Å². The third kappa shape index (κ3) is 4.49. The molecule has 0 bridgehead atoms. The van der Waals surface area contributed by atoms with Gasteiger partial charge in [0, 0.05) is 13.0 Å². The lowest BCUT2D eigenvalue weighted by atomic mass is 9.71. The van der Waals surface area contributed by atoms with Crippen LogP contribution >= 0.6 is 0 Å². The fraction of sp³-hybridized carbons (Fsp3) is 0.636. The van der Waals surface area contributed by atoms with Crippen LogP contribution in [0.5, 0.6) is 5.75 Å². The molecule has 0 spiro atoms. The lowest BCUT2D eigenvalue weighted by molar-refractivity contribution is -0.139. The summed E-state index contributed by atoms with van der Waals surface area (Å²) in [6.07, 6.45) is 7.54. The summed E-state index contributed by atoms with van der Waals surface area (Å²) in [6.45, 7) is 3.16. The minimum atomic E-state index is -0.420. The number of nitrogens with zero attached hydrogens (tertiary/aromatic N) is 1. The van der Waals surface area contributed by atoms with Crippen LogP contribution < -0.4 is 15.8 Å². The average molecular weight is 388 g/mol. The van der Waals surface area contributed by atoms with Crippen molar-refractivity contribution < 1.29 is 14.3 Å². The van der Waals surface area contributed by atoms with Gasteiger partial charge in [-0.1, -0.05) is 25.3 Å². The van der Waals surface area contributed by atoms with Gasteiger partial charge in [-0.15, -0.1) is 0 Å². The molecule has 6 nitrogen and oxygen atoms in total. The molecule has 1 aromatic rings. The number of benzene rings is 1. The van der Waals surface area contributed by atoms with Crippen LogP contribution in [0.2, 0.25) is 0 Å². The molecule has 1 aliphatic heterocycles. The molecule has 0 radical (unpaired) electrons. The predicted octanol–water partition coefficient (Wildman–Crippen LogP) is 3.23. The Hall–Kier alpha value is -2.08. The van der Waals surface area contributed by atoms with Crippen molar-refractivity contribution in [2.45, 2.75) is 64.3 Å². The van der Waals surface area contributed by atoms with Crippen LogP contribution in [0.25, 0.3) is 0 Å². The molecule has 3 N–H and O–H groups in total. The second-order valence-corrected chi connectivity index (χ2v) is 8.38. The van der Waals surface area contributed by atoms with Crippen molar-refractivity contribution in [3.05, 3.63) is 23.8 Å². The van der Waals surface area contributed by atoms with Gasteiger partial charge >= 0.3 is 0 Å². The number of nitrogens with one attached hydrogen (secondary N) is 1. The quantitative estimate of drug-likeness (QED) is 0.785. The molecule has 0 aromatic heterocycles. The van der Waals surface area contributed by atoms with Crippen LogP contribution in [-0.4, -0.2) is 43.0 Å². The maximum Gasteiger partial charge on any atom is 0.247 e. The fourth-order valence-corrected chi connectivity index (χ4v) is 4.65. The second-order valence-electron chi connectivity index (χ2n) is 8.38. The second kappa shape index (κ2) is 8.95. The number of anilines is 1. The first kappa shape index (κ1) is 20.6. The molecule has 1 saturated carbocycles. The standard InChI is InChI=1S/C22H33N3O3/c1-16-8-9-19(28-2)17(13-16)24-21(27)18-7-6-12-25(18)20(26)14-22(15-23)10-4-3-5-11-22/h8-9,13,18H,3-7,10-12,14-15,23H2,1-2H3,(H,24,27). The van der Waals surface area contributed by atoms with Gasteiger partial charge in [-0.2, -0.15) is 0 Å². The largest absolute Gasteiger partial charge is 0.495 e. The Balaban J connectivity index is 1.69. The maximum absolute atomic E-state index is 13.1. The van der Waals surface area contributed by atoms with E-state index in [0.717, 1.165) is 37.7 Å². The molecule has 1 saturated heterocycles. The first-order valence-corrected chi connectivity index (χ1v) is 10.4. The van der Waals surface area contributed by atoms with Gasteiger partial charge in [0.25, 0.3) is 0 Å². The van der Waals surface area contributed by atoms with Gasteiger partial charge in [-0.05, 0) is 62.3 Å². The third-order valence-corrected chi connectivity index (χ3v) is 6.36. The van der Waals surface area contributed by atoms with Gasteiger partial charge in [0.05, 0.1) is 12.8 Å². The number of amides is 2. The first-order chi connectivity index (χ1) is 13.5. The summed E-state index contributed by atoms with van der Waals surface area (Å²) in [5, 5.41) is 2.97. The zero-order valence-corrected chi connectivity index (χ0v) is 17.1. The van der Waals surface area contributed by atoms with Gasteiger partial charge < -0.3 is 20.7 Å². The molecule has 2 fully saturated rings. The summed E-state index contributed by atoms with van der Waals surface area (Å²) in [6, 6.07) is 5.26. The number of ether oxygens (including phenoxy) is 1. The van der Waals surface area contributed by atoms with Crippen molar-refractivity contribution in [2.75, 3.05) is 25.5 Å². The zero-order chi connectivity index (χ0) is 20.1. The number of likely N-dealkylation sites (tertiary alicyclic amines) is 1. The number of hydrogen-bond donors (Lipinski definition) is 2. The first-order valence-electron chi connectivity index (χ1n) is 10.4. The third-order valence-electron chi connectivity index (χ3n) is 6.36. The van der Waals surface area contributed by atoms with E-state index in [4.69, 9.17) is 10.5 Å². The highest BCUT2D eigenvalue weighted by Gasteiger charge is 2.39. The molecule has 2 amide bonds. The number of rotatable bonds is 6. The van der Waals surface area contributed by atoms with Crippen molar-refractivity contribution in [2.24, 2.45) is 11.1 Å². The zero-order valence-electron chi connectivity index (χ0n) is 17.1. The van der Waals surface area contributed by atoms with Crippen LogP contribution in [0.15, 0.2) is 18.2 Å². The van der Waals surface area contributed by atoms with Crippen LogP contribution in [-0.2, 0) is 9.59 Å². The lowest BCUT2D eigenvalue weighted by Crippen LogP contribution is -2.46. The molecule has 1 atom stereocenters. The molecule has 28 heavy (non-hydrogen) atoms. The Kier molecular flexibility index (Phi) is 6.60. The van der Waals surface area contributed by atoms with Crippen LogP contribution in [0.1, 0.15) is 56.9 Å². The monoisotopic (exact) mass is 387 g/mol. The van der Waals surface area contributed by atoms with E-state index in [0.29, 0.717) is 37.4 Å². The Morgan fingerprint density at radius 3 is 2.68 bits per heavy atom. The van der Waals surface area contributed by atoms with Gasteiger partial charge in [-0.3, -0.25) is 9.59 Å². The van der Waals surface area contributed by atoms with Crippen LogP contribution in [0.4, 0.5) is 5.69 Å². The number of nitrogens with two attached hydrogens (primary N) is 1. The molecular formula is C22H33N3O3. The summed E-state index contributed by atoms with van der Waals surface area (Å²) < 4.78 is 5.36. The maximum atomic E-state index is 13.1. The summed E-state index contributed by atoms with van der Waals surface area (Å²) in [5.74, 6) is 0.556. The fourth-order valence-electron chi connectivity index (χ4n) is 4.65. The van der Waals surface area contributed by atoms with Crippen molar-refractivity contribution in [1.82, 2.24) is 4.90 Å². The molecule has 1 unspecified atom stereocenters. The van der Waals surface area contributed by atoms with Gasteiger partial charge in [0.2, 0.25) is 11.8 Å². The molecule has 154 valence electrons. The van der Waals surface area contributed by atoms with E-state index in [-0.39, 0.29) is 17.2 Å². The SMILES string of the molecule is COc1ccc(C)cc1NC(=O)C1CCCN1C(=O)CC1(CN)CCCCC1. The minimum Gasteiger partial charge on any atom is -0.495 e. The van der Waals surface area contributed by atoms with Gasteiger partial charge in [0.1, 0.15) is 11.8 Å². The number of hydrogen-bond acceptors (Lipinski definition) is 4. The molecule has 3 rings (SSSR count). The minimum absolute atomic E-state index is 0.0706. The van der Waals surface area contributed by atoms with E-state index in [1.54, 1.807) is 12.0 Å². The Labute approximate surface area is 167 Å². The highest BCUT2D eigenvalue weighted by atomic mass is 16.5. The van der Waals surface area contributed by atoms with E-state index < -0.39 is 6.04 Å².